The highest BCUT2D eigenvalue weighted by Gasteiger charge is 2.36. The molecule has 1 aromatic heterocycles. The van der Waals surface area contributed by atoms with Crippen molar-refractivity contribution in [3.63, 3.8) is 0 Å². The maximum absolute atomic E-state index is 5.95. The van der Waals surface area contributed by atoms with Crippen molar-refractivity contribution in [2.24, 2.45) is 11.1 Å². The number of rotatable bonds is 6. The molecule has 0 unspecified atom stereocenters. The number of hydrogen-bond donors (Lipinski definition) is 1. The Morgan fingerprint density at radius 3 is 2.67 bits per heavy atom. The zero-order valence-corrected chi connectivity index (χ0v) is 11.7. The second-order valence-electron chi connectivity index (χ2n) is 5.63. The molecule has 1 heterocycles. The van der Waals surface area contributed by atoms with E-state index in [1.807, 2.05) is 13.0 Å². The Balaban J connectivity index is 1.97. The highest BCUT2D eigenvalue weighted by Crippen LogP contribution is 2.40. The van der Waals surface area contributed by atoms with Gasteiger partial charge in [-0.2, -0.15) is 0 Å². The summed E-state index contributed by atoms with van der Waals surface area (Å²) >= 11 is 0. The Morgan fingerprint density at radius 2 is 2.17 bits per heavy atom. The number of aromatic nitrogens is 1. The molecular formula is C15H25N3. The predicted octanol–water partition coefficient (Wildman–Crippen LogP) is 2.34. The molecule has 0 atom stereocenters. The number of pyridine rings is 1. The third-order valence-corrected chi connectivity index (χ3v) is 4.19. The van der Waals surface area contributed by atoms with E-state index in [2.05, 4.69) is 28.9 Å². The fourth-order valence-electron chi connectivity index (χ4n) is 2.77. The molecular weight excluding hydrogens is 222 g/mol. The molecule has 1 aromatic rings. The number of hydrogen-bond acceptors (Lipinski definition) is 3. The highest BCUT2D eigenvalue weighted by atomic mass is 15.1. The first-order chi connectivity index (χ1) is 8.67. The van der Waals surface area contributed by atoms with Gasteiger partial charge in [0.05, 0.1) is 5.69 Å². The van der Waals surface area contributed by atoms with Gasteiger partial charge in [-0.3, -0.25) is 9.88 Å². The van der Waals surface area contributed by atoms with Crippen LogP contribution in [0.3, 0.4) is 0 Å². The molecule has 1 fully saturated rings. The van der Waals surface area contributed by atoms with E-state index in [9.17, 15) is 0 Å². The molecule has 0 aromatic carbocycles. The van der Waals surface area contributed by atoms with Crippen LogP contribution in [0.4, 0.5) is 0 Å². The minimum atomic E-state index is 0.389. The standard InChI is InChI=1S/C15H25N3/c1-3-18(12-15(11-16)8-5-9-15)10-14-7-4-6-13(2)17-14/h4,6-7H,3,5,8-12,16H2,1-2H3. The maximum Gasteiger partial charge on any atom is 0.0547 e. The number of nitrogens with zero attached hydrogens (tertiary/aromatic N) is 2. The van der Waals surface area contributed by atoms with Gasteiger partial charge in [0.15, 0.2) is 0 Å². The summed E-state index contributed by atoms with van der Waals surface area (Å²) in [7, 11) is 0. The third-order valence-electron chi connectivity index (χ3n) is 4.19. The van der Waals surface area contributed by atoms with Gasteiger partial charge >= 0.3 is 0 Å². The van der Waals surface area contributed by atoms with Crippen molar-refractivity contribution < 1.29 is 0 Å². The van der Waals surface area contributed by atoms with E-state index >= 15 is 0 Å². The van der Waals surface area contributed by atoms with E-state index < -0.39 is 0 Å². The molecule has 0 saturated heterocycles. The molecule has 18 heavy (non-hydrogen) atoms. The number of aryl methyl sites for hydroxylation is 1. The van der Waals surface area contributed by atoms with Crippen LogP contribution in [0.1, 0.15) is 37.6 Å². The van der Waals surface area contributed by atoms with Crippen LogP contribution < -0.4 is 5.73 Å². The van der Waals surface area contributed by atoms with E-state index in [1.165, 1.54) is 25.0 Å². The normalized spacial score (nSPS) is 17.8. The van der Waals surface area contributed by atoms with Crippen LogP contribution in [0.2, 0.25) is 0 Å². The molecule has 3 nitrogen and oxygen atoms in total. The first kappa shape index (κ1) is 13.5. The van der Waals surface area contributed by atoms with Crippen molar-refractivity contribution in [2.75, 3.05) is 19.6 Å². The van der Waals surface area contributed by atoms with Crippen molar-refractivity contribution in [2.45, 2.75) is 39.7 Å². The van der Waals surface area contributed by atoms with Crippen molar-refractivity contribution in [1.82, 2.24) is 9.88 Å². The van der Waals surface area contributed by atoms with E-state index in [-0.39, 0.29) is 0 Å². The van der Waals surface area contributed by atoms with Gasteiger partial charge in [0.1, 0.15) is 0 Å². The Hall–Kier alpha value is -0.930. The topological polar surface area (TPSA) is 42.2 Å². The predicted molar refractivity (Wildman–Crippen MR) is 75.3 cm³/mol. The molecule has 2 rings (SSSR count). The van der Waals surface area contributed by atoms with Crippen LogP contribution in [0, 0.1) is 12.3 Å². The van der Waals surface area contributed by atoms with Crippen LogP contribution >= 0.6 is 0 Å². The molecule has 100 valence electrons. The maximum atomic E-state index is 5.95. The van der Waals surface area contributed by atoms with Gasteiger partial charge in [0, 0.05) is 18.8 Å². The summed E-state index contributed by atoms with van der Waals surface area (Å²) in [6.07, 6.45) is 3.93. The molecule has 0 amide bonds. The molecule has 1 aliphatic rings. The molecule has 0 bridgehead atoms. The van der Waals surface area contributed by atoms with Crippen molar-refractivity contribution in [3.8, 4) is 0 Å². The fraction of sp³-hybridized carbons (Fsp3) is 0.667. The van der Waals surface area contributed by atoms with Crippen LogP contribution in [0.25, 0.3) is 0 Å². The smallest absolute Gasteiger partial charge is 0.0547 e. The van der Waals surface area contributed by atoms with Crippen molar-refractivity contribution >= 4 is 0 Å². The summed E-state index contributed by atoms with van der Waals surface area (Å²) in [4.78, 5) is 7.07. The van der Waals surface area contributed by atoms with Gasteiger partial charge in [-0.25, -0.2) is 0 Å². The lowest BCUT2D eigenvalue weighted by molar-refractivity contribution is 0.0730. The number of nitrogens with two attached hydrogens (primary N) is 1. The summed E-state index contributed by atoms with van der Waals surface area (Å²) in [5.41, 5.74) is 8.60. The minimum Gasteiger partial charge on any atom is -0.330 e. The first-order valence-corrected chi connectivity index (χ1v) is 7.02. The van der Waals surface area contributed by atoms with Crippen LogP contribution in [-0.2, 0) is 6.54 Å². The lowest BCUT2D eigenvalue weighted by Gasteiger charge is -2.44. The average molecular weight is 247 g/mol. The van der Waals surface area contributed by atoms with E-state index in [1.54, 1.807) is 0 Å². The Morgan fingerprint density at radius 1 is 1.39 bits per heavy atom. The summed E-state index contributed by atoms with van der Waals surface area (Å²) in [6.45, 7) is 8.23. The molecule has 3 heteroatoms. The second-order valence-corrected chi connectivity index (χ2v) is 5.63. The SMILES string of the molecule is CCN(Cc1cccc(C)n1)CC1(CN)CCC1. The zero-order chi connectivity index (χ0) is 13.0. The highest BCUT2D eigenvalue weighted by molar-refractivity contribution is 5.10. The quantitative estimate of drug-likeness (QED) is 0.839. The van der Waals surface area contributed by atoms with Crippen molar-refractivity contribution in [3.05, 3.63) is 29.6 Å². The van der Waals surface area contributed by atoms with Gasteiger partial charge in [-0.1, -0.05) is 19.4 Å². The minimum absolute atomic E-state index is 0.389. The average Bonchev–Trinajstić information content (AvgIpc) is 2.32. The molecule has 0 radical (unpaired) electrons. The molecule has 0 aliphatic heterocycles. The van der Waals surface area contributed by atoms with Crippen LogP contribution in [-0.4, -0.2) is 29.5 Å². The third kappa shape index (κ3) is 3.09. The molecule has 2 N–H and O–H groups in total. The van der Waals surface area contributed by atoms with Crippen molar-refractivity contribution in [1.29, 1.82) is 0 Å². The van der Waals surface area contributed by atoms with E-state index in [0.717, 1.165) is 31.9 Å². The Bertz CT molecular complexity index is 380. The van der Waals surface area contributed by atoms with Gasteiger partial charge in [0.2, 0.25) is 0 Å². The largest absolute Gasteiger partial charge is 0.330 e. The Labute approximate surface area is 110 Å². The van der Waals surface area contributed by atoms with E-state index in [0.29, 0.717) is 5.41 Å². The fourth-order valence-corrected chi connectivity index (χ4v) is 2.77. The van der Waals surface area contributed by atoms with Gasteiger partial charge in [-0.15, -0.1) is 0 Å². The molecule has 1 aliphatic carbocycles. The molecule has 0 spiro atoms. The zero-order valence-electron chi connectivity index (χ0n) is 11.7. The van der Waals surface area contributed by atoms with Crippen LogP contribution in [0.5, 0.6) is 0 Å². The van der Waals surface area contributed by atoms with E-state index in [4.69, 9.17) is 5.73 Å². The monoisotopic (exact) mass is 247 g/mol. The first-order valence-electron chi connectivity index (χ1n) is 7.02. The lowest BCUT2D eigenvalue weighted by atomic mass is 9.68. The summed E-state index contributed by atoms with van der Waals surface area (Å²) in [6, 6.07) is 6.26. The summed E-state index contributed by atoms with van der Waals surface area (Å²) in [5, 5.41) is 0. The van der Waals surface area contributed by atoms with Gasteiger partial charge in [0.25, 0.3) is 0 Å². The van der Waals surface area contributed by atoms with Gasteiger partial charge < -0.3 is 5.73 Å². The lowest BCUT2D eigenvalue weighted by Crippen LogP contribution is -2.46. The van der Waals surface area contributed by atoms with Crippen LogP contribution in [0.15, 0.2) is 18.2 Å². The second kappa shape index (κ2) is 5.81. The summed E-state index contributed by atoms with van der Waals surface area (Å²) < 4.78 is 0. The Kier molecular flexibility index (Phi) is 4.36. The van der Waals surface area contributed by atoms with Gasteiger partial charge in [-0.05, 0) is 50.4 Å². The summed E-state index contributed by atoms with van der Waals surface area (Å²) in [5.74, 6) is 0. The molecule has 1 saturated carbocycles.